The van der Waals surface area contributed by atoms with Crippen LogP contribution < -0.4 is 22.5 Å². The lowest BCUT2D eigenvalue weighted by Gasteiger charge is -2.24. The van der Waals surface area contributed by atoms with Crippen LogP contribution in [-0.4, -0.2) is 92.5 Å². The van der Waals surface area contributed by atoms with Crippen molar-refractivity contribution in [2.45, 2.75) is 204 Å². The van der Waals surface area contributed by atoms with Crippen molar-refractivity contribution in [3.8, 4) is 0 Å². The van der Waals surface area contributed by atoms with E-state index in [4.69, 9.17) is 37.9 Å². The molecule has 8 unspecified atom stereocenters. The SMILES string of the molecule is CC1(C)OC2C(COC(=O)CCCCCCCCCCCCCCCCCCC(=O)OCC3OC(n4ccc(=O)[nH]c4=O)C4OC(C)(C)OC34)OC(n3ccc(=O)[nH]c3=O)C2O1. The summed E-state index contributed by atoms with van der Waals surface area (Å²) in [6.45, 7) is 7.07. The summed E-state index contributed by atoms with van der Waals surface area (Å²) in [4.78, 5) is 77.4. The predicted octanol–water partition coefficient (Wildman–Crippen LogP) is 5.03. The third-order valence-electron chi connectivity index (χ3n) is 11.8. The number of nitrogens with one attached hydrogen (secondary N) is 2. The quantitative estimate of drug-likeness (QED) is 0.0989. The molecule has 0 aliphatic carbocycles. The van der Waals surface area contributed by atoms with Crippen molar-refractivity contribution in [3.05, 3.63) is 66.2 Å². The standard InChI is InChI=1S/C44H66N4O14/c1-43(2)59-35-29(57-39(37(35)61-43)47-25-23-31(49)45-41(47)53)27-55-33(51)21-19-17-15-13-11-9-7-5-6-8-10-12-14-16-18-20-22-34(52)56-28-30-36-38(62-44(3,4)60-36)40(58-30)48-26-24-32(50)46-42(48)54/h23-26,29-30,35-40H,5-22,27-28H2,1-4H3,(H,45,49,53)(H,46,50,54). The van der Waals surface area contributed by atoms with Gasteiger partial charge in [-0.3, -0.25) is 38.3 Å². The lowest BCUT2D eigenvalue weighted by Crippen LogP contribution is -2.37. The van der Waals surface area contributed by atoms with Crippen LogP contribution in [0, 0.1) is 0 Å². The summed E-state index contributed by atoms with van der Waals surface area (Å²) >= 11 is 0. The van der Waals surface area contributed by atoms with E-state index in [0.717, 1.165) is 51.4 Å². The highest BCUT2D eigenvalue weighted by molar-refractivity contribution is 5.69. The summed E-state index contributed by atoms with van der Waals surface area (Å²) in [5.74, 6) is -2.38. The van der Waals surface area contributed by atoms with Crippen molar-refractivity contribution in [1.82, 2.24) is 19.1 Å². The van der Waals surface area contributed by atoms with E-state index in [1.165, 1.54) is 85.0 Å². The molecular formula is C44H66N4O14. The maximum absolute atomic E-state index is 12.5. The monoisotopic (exact) mass is 874 g/mol. The number of aromatic amines is 2. The van der Waals surface area contributed by atoms with Crippen molar-refractivity contribution in [2.75, 3.05) is 13.2 Å². The van der Waals surface area contributed by atoms with E-state index in [1.807, 2.05) is 0 Å². The predicted molar refractivity (Wildman–Crippen MR) is 223 cm³/mol. The molecule has 6 rings (SSSR count). The largest absolute Gasteiger partial charge is 0.463 e. The van der Waals surface area contributed by atoms with Crippen LogP contribution in [0.4, 0.5) is 0 Å². The van der Waals surface area contributed by atoms with E-state index in [2.05, 4.69) is 9.97 Å². The minimum atomic E-state index is -0.895. The first-order valence-electron chi connectivity index (χ1n) is 22.7. The molecule has 4 fully saturated rings. The molecular weight excluding hydrogens is 808 g/mol. The summed E-state index contributed by atoms with van der Waals surface area (Å²) in [5, 5.41) is 0. The minimum Gasteiger partial charge on any atom is -0.463 e. The number of unbranched alkanes of at least 4 members (excludes halogenated alkanes) is 15. The molecule has 0 saturated carbocycles. The molecule has 2 N–H and O–H groups in total. The van der Waals surface area contributed by atoms with E-state index < -0.39 is 83.2 Å². The van der Waals surface area contributed by atoms with Gasteiger partial charge < -0.3 is 37.9 Å². The Kier molecular flexibility index (Phi) is 17.0. The molecule has 18 nitrogen and oxygen atoms in total. The Balaban J connectivity index is 0.711. The maximum atomic E-state index is 12.5. The molecule has 8 atom stereocenters. The van der Waals surface area contributed by atoms with Crippen molar-refractivity contribution >= 4 is 11.9 Å². The Morgan fingerprint density at radius 2 is 0.823 bits per heavy atom. The van der Waals surface area contributed by atoms with Crippen molar-refractivity contribution in [2.24, 2.45) is 0 Å². The van der Waals surface area contributed by atoms with E-state index in [1.54, 1.807) is 27.7 Å². The third kappa shape index (κ3) is 13.3. The van der Waals surface area contributed by atoms with Crippen LogP contribution in [-0.2, 0) is 47.5 Å². The summed E-state index contributed by atoms with van der Waals surface area (Å²) in [5.41, 5.74) is -2.24. The number of hydrogen-bond acceptors (Lipinski definition) is 14. The Labute approximate surface area is 361 Å². The van der Waals surface area contributed by atoms with Crippen molar-refractivity contribution < 1.29 is 47.5 Å². The van der Waals surface area contributed by atoms with Crippen molar-refractivity contribution in [1.29, 1.82) is 0 Å². The molecule has 18 heteroatoms. The highest BCUT2D eigenvalue weighted by atomic mass is 16.8. The van der Waals surface area contributed by atoms with Gasteiger partial charge in [-0.2, -0.15) is 0 Å². The molecule has 0 bridgehead atoms. The van der Waals surface area contributed by atoms with Crippen LogP contribution in [0.15, 0.2) is 43.7 Å². The third-order valence-corrected chi connectivity index (χ3v) is 11.8. The van der Waals surface area contributed by atoms with Gasteiger partial charge in [0, 0.05) is 37.4 Å². The smallest absolute Gasteiger partial charge is 0.330 e. The van der Waals surface area contributed by atoms with E-state index in [9.17, 15) is 28.8 Å². The summed E-state index contributed by atoms with van der Waals surface area (Å²) < 4.78 is 49.8. The first-order valence-corrected chi connectivity index (χ1v) is 22.7. The number of carbonyl (C=O) groups is 2. The number of fused-ring (bicyclic) bond motifs is 2. The number of carbonyl (C=O) groups excluding carboxylic acids is 2. The highest BCUT2D eigenvalue weighted by Crippen LogP contribution is 2.44. The van der Waals surface area contributed by atoms with Gasteiger partial charge in [-0.15, -0.1) is 0 Å². The molecule has 4 aliphatic rings. The molecule has 6 heterocycles. The van der Waals surface area contributed by atoms with Crippen LogP contribution in [0.5, 0.6) is 0 Å². The van der Waals surface area contributed by atoms with Crippen molar-refractivity contribution in [3.63, 3.8) is 0 Å². The van der Waals surface area contributed by atoms with E-state index in [0.29, 0.717) is 12.8 Å². The fraction of sp³-hybridized carbons (Fsp3) is 0.773. The number of rotatable bonds is 25. The van der Waals surface area contributed by atoms with Gasteiger partial charge in [0.25, 0.3) is 11.1 Å². The zero-order chi connectivity index (χ0) is 44.3. The average molecular weight is 875 g/mol. The van der Waals surface area contributed by atoms with Gasteiger partial charge in [0.1, 0.15) is 49.8 Å². The number of esters is 2. The molecule has 4 saturated heterocycles. The Hall–Kier alpha value is -3.94. The van der Waals surface area contributed by atoms with Gasteiger partial charge in [0.2, 0.25) is 0 Å². The topological polar surface area (TPSA) is 218 Å². The normalized spacial score (nSPS) is 27.0. The van der Waals surface area contributed by atoms with Gasteiger partial charge in [0.05, 0.1) is 0 Å². The average Bonchev–Trinajstić information content (AvgIpc) is 3.91. The maximum Gasteiger partial charge on any atom is 0.330 e. The molecule has 2 aromatic heterocycles. The van der Waals surface area contributed by atoms with Crippen LogP contribution in [0.1, 0.15) is 156 Å². The van der Waals surface area contributed by atoms with E-state index >= 15 is 0 Å². The molecule has 0 aromatic carbocycles. The molecule has 62 heavy (non-hydrogen) atoms. The Morgan fingerprint density at radius 3 is 1.15 bits per heavy atom. The first kappa shape index (κ1) is 47.5. The summed E-state index contributed by atoms with van der Waals surface area (Å²) in [6, 6.07) is 2.48. The summed E-state index contributed by atoms with van der Waals surface area (Å²) in [6.07, 6.45) is 16.1. The van der Waals surface area contributed by atoms with Crippen LogP contribution in [0.3, 0.4) is 0 Å². The second-order valence-electron chi connectivity index (χ2n) is 17.8. The minimum absolute atomic E-state index is 0.0156. The highest BCUT2D eigenvalue weighted by Gasteiger charge is 2.57. The van der Waals surface area contributed by atoms with E-state index in [-0.39, 0.29) is 25.2 Å². The number of ether oxygens (including phenoxy) is 8. The van der Waals surface area contributed by atoms with Gasteiger partial charge >= 0.3 is 23.3 Å². The molecule has 4 aliphatic heterocycles. The molecule has 2 aromatic rings. The van der Waals surface area contributed by atoms with Crippen LogP contribution >= 0.6 is 0 Å². The second kappa shape index (κ2) is 22.1. The van der Waals surface area contributed by atoms with Gasteiger partial charge in [-0.05, 0) is 40.5 Å². The number of H-pyrrole nitrogens is 2. The lowest BCUT2D eigenvalue weighted by molar-refractivity contribution is -0.203. The Morgan fingerprint density at radius 1 is 0.516 bits per heavy atom. The van der Waals surface area contributed by atoms with Gasteiger partial charge in [-0.25, -0.2) is 9.59 Å². The molecule has 0 spiro atoms. The van der Waals surface area contributed by atoms with Crippen LogP contribution in [0.25, 0.3) is 0 Å². The molecule has 0 radical (unpaired) electrons. The second-order valence-corrected chi connectivity index (χ2v) is 17.8. The summed E-state index contributed by atoms with van der Waals surface area (Å²) in [7, 11) is 0. The number of nitrogens with zero attached hydrogens (tertiary/aromatic N) is 2. The van der Waals surface area contributed by atoms with Crippen LogP contribution in [0.2, 0.25) is 0 Å². The number of aromatic nitrogens is 4. The zero-order valence-electron chi connectivity index (χ0n) is 36.7. The lowest BCUT2D eigenvalue weighted by atomic mass is 10.0. The first-order chi connectivity index (χ1) is 29.7. The van der Waals surface area contributed by atoms with Gasteiger partial charge in [0.15, 0.2) is 24.0 Å². The number of hydrogen-bond donors (Lipinski definition) is 2. The molecule has 346 valence electrons. The zero-order valence-corrected chi connectivity index (χ0v) is 36.7. The molecule has 0 amide bonds. The van der Waals surface area contributed by atoms with Gasteiger partial charge in [-0.1, -0.05) is 89.9 Å². The fourth-order valence-electron chi connectivity index (χ4n) is 8.80. The fourth-order valence-corrected chi connectivity index (χ4v) is 8.80. The Bertz CT molecular complexity index is 1870.